The summed E-state index contributed by atoms with van der Waals surface area (Å²) in [5, 5.41) is 10.2. The number of methoxy groups -OCH3 is 1. The number of benzene rings is 2. The molecular formula is C18H20FNO2. The first kappa shape index (κ1) is 16.0. The summed E-state index contributed by atoms with van der Waals surface area (Å²) in [5.74, 6) is 0.362. The second kappa shape index (κ2) is 7.61. The third-order valence-corrected chi connectivity index (χ3v) is 3.40. The van der Waals surface area contributed by atoms with Crippen molar-refractivity contribution >= 4 is 0 Å². The van der Waals surface area contributed by atoms with E-state index in [1.165, 1.54) is 19.2 Å². The number of ether oxygens (including phenoxy) is 1. The molecule has 4 heteroatoms. The molecule has 0 heterocycles. The molecule has 0 spiro atoms. The van der Waals surface area contributed by atoms with Gasteiger partial charge >= 0.3 is 0 Å². The predicted molar refractivity (Wildman–Crippen MR) is 85.4 cm³/mol. The van der Waals surface area contributed by atoms with Crippen molar-refractivity contribution in [1.82, 2.24) is 4.90 Å². The van der Waals surface area contributed by atoms with E-state index in [4.69, 9.17) is 4.74 Å². The lowest BCUT2D eigenvalue weighted by Crippen LogP contribution is -2.23. The smallest absolute Gasteiger partial charge is 0.162 e. The molecular weight excluding hydrogens is 281 g/mol. The third-order valence-electron chi connectivity index (χ3n) is 3.40. The predicted octanol–water partition coefficient (Wildman–Crippen LogP) is 3.73. The highest BCUT2D eigenvalue weighted by atomic mass is 19.1. The lowest BCUT2D eigenvalue weighted by molar-refractivity contribution is 0.279. The molecule has 116 valence electrons. The molecule has 22 heavy (non-hydrogen) atoms. The summed E-state index contributed by atoms with van der Waals surface area (Å²) < 4.78 is 18.1. The first-order chi connectivity index (χ1) is 10.6. The zero-order valence-electron chi connectivity index (χ0n) is 12.6. The fourth-order valence-corrected chi connectivity index (χ4v) is 2.32. The van der Waals surface area contributed by atoms with E-state index in [1.54, 1.807) is 24.3 Å². The quantitative estimate of drug-likeness (QED) is 0.791. The van der Waals surface area contributed by atoms with Gasteiger partial charge in [-0.1, -0.05) is 30.3 Å². The molecule has 0 aromatic heterocycles. The number of hydrogen-bond acceptors (Lipinski definition) is 3. The molecule has 0 unspecified atom stereocenters. The maximum atomic E-state index is 13.0. The molecule has 0 aliphatic carbocycles. The zero-order chi connectivity index (χ0) is 15.9. The largest absolute Gasteiger partial charge is 0.504 e. The van der Waals surface area contributed by atoms with E-state index in [0.717, 1.165) is 11.1 Å². The number of phenols is 1. The van der Waals surface area contributed by atoms with E-state index in [-0.39, 0.29) is 11.6 Å². The Bertz CT molecular complexity index is 625. The average molecular weight is 301 g/mol. The summed E-state index contributed by atoms with van der Waals surface area (Å²) in [6.45, 7) is 5.62. The topological polar surface area (TPSA) is 32.7 Å². The van der Waals surface area contributed by atoms with Gasteiger partial charge in [-0.15, -0.1) is 6.58 Å². The molecule has 1 N–H and O–H groups in total. The maximum absolute atomic E-state index is 13.0. The van der Waals surface area contributed by atoms with Crippen molar-refractivity contribution in [3.05, 3.63) is 72.1 Å². The fraction of sp³-hybridized carbons (Fsp3) is 0.222. The first-order valence-corrected chi connectivity index (χ1v) is 7.06. The number of para-hydroxylation sites is 1. The highest BCUT2D eigenvalue weighted by Gasteiger charge is 2.12. The number of rotatable bonds is 7. The van der Waals surface area contributed by atoms with Gasteiger partial charge in [-0.25, -0.2) is 4.39 Å². The molecule has 0 bridgehead atoms. The molecule has 2 aromatic rings. The number of halogens is 1. The van der Waals surface area contributed by atoms with Crippen LogP contribution in [0.5, 0.6) is 11.5 Å². The van der Waals surface area contributed by atoms with Crippen molar-refractivity contribution in [2.24, 2.45) is 0 Å². The van der Waals surface area contributed by atoms with Gasteiger partial charge < -0.3 is 9.84 Å². The molecule has 2 aromatic carbocycles. The maximum Gasteiger partial charge on any atom is 0.162 e. The minimum Gasteiger partial charge on any atom is -0.504 e. The van der Waals surface area contributed by atoms with Crippen LogP contribution in [0.4, 0.5) is 4.39 Å². The van der Waals surface area contributed by atoms with Gasteiger partial charge in [0, 0.05) is 25.2 Å². The molecule has 0 aliphatic heterocycles. The van der Waals surface area contributed by atoms with E-state index in [1.807, 2.05) is 12.1 Å². The van der Waals surface area contributed by atoms with Crippen molar-refractivity contribution in [3.63, 3.8) is 0 Å². The summed E-state index contributed by atoms with van der Waals surface area (Å²) in [7, 11) is 1.53. The lowest BCUT2D eigenvalue weighted by Gasteiger charge is -2.22. The van der Waals surface area contributed by atoms with Gasteiger partial charge in [0.2, 0.25) is 0 Å². The highest BCUT2D eigenvalue weighted by Crippen LogP contribution is 2.30. The molecule has 0 fully saturated rings. The van der Waals surface area contributed by atoms with E-state index in [9.17, 15) is 9.50 Å². The second-order valence-corrected chi connectivity index (χ2v) is 5.05. The van der Waals surface area contributed by atoms with Gasteiger partial charge in [-0.2, -0.15) is 0 Å². The van der Waals surface area contributed by atoms with Crippen LogP contribution in [0.3, 0.4) is 0 Å². The molecule has 3 nitrogen and oxygen atoms in total. The van der Waals surface area contributed by atoms with Crippen molar-refractivity contribution in [1.29, 1.82) is 0 Å². The van der Waals surface area contributed by atoms with Crippen LogP contribution in [0.2, 0.25) is 0 Å². The van der Waals surface area contributed by atoms with Gasteiger partial charge in [0.1, 0.15) is 5.82 Å². The molecule has 0 amide bonds. The Labute approximate surface area is 130 Å². The summed E-state index contributed by atoms with van der Waals surface area (Å²) in [6, 6.07) is 11.8. The van der Waals surface area contributed by atoms with E-state index in [2.05, 4.69) is 11.5 Å². The first-order valence-electron chi connectivity index (χ1n) is 7.06. The van der Waals surface area contributed by atoms with Gasteiger partial charge in [0.25, 0.3) is 0 Å². The van der Waals surface area contributed by atoms with Crippen LogP contribution < -0.4 is 4.74 Å². The molecule has 0 radical (unpaired) electrons. The van der Waals surface area contributed by atoms with Crippen LogP contribution in [0.1, 0.15) is 11.1 Å². The minimum absolute atomic E-state index is 0.151. The van der Waals surface area contributed by atoms with Crippen LogP contribution in [0.25, 0.3) is 0 Å². The van der Waals surface area contributed by atoms with Crippen molar-refractivity contribution in [2.75, 3.05) is 13.7 Å². The zero-order valence-corrected chi connectivity index (χ0v) is 12.6. The van der Waals surface area contributed by atoms with Gasteiger partial charge in [-0.3, -0.25) is 4.90 Å². The van der Waals surface area contributed by atoms with Crippen LogP contribution in [0.15, 0.2) is 55.1 Å². The second-order valence-electron chi connectivity index (χ2n) is 5.05. The van der Waals surface area contributed by atoms with E-state index < -0.39 is 0 Å². The normalized spacial score (nSPS) is 10.7. The molecule has 0 atom stereocenters. The Hall–Kier alpha value is -2.33. The van der Waals surface area contributed by atoms with Crippen molar-refractivity contribution in [2.45, 2.75) is 13.1 Å². The minimum atomic E-state index is -0.246. The summed E-state index contributed by atoms with van der Waals surface area (Å²) in [6.07, 6.45) is 1.81. The summed E-state index contributed by atoms with van der Waals surface area (Å²) in [4.78, 5) is 2.11. The third kappa shape index (κ3) is 4.09. The Morgan fingerprint density at radius 1 is 1.18 bits per heavy atom. The standard InChI is InChI=1S/C18H20FNO2/c1-3-11-20(12-14-7-9-16(19)10-8-14)13-15-5-4-6-17(22-2)18(15)21/h3-10,21H,1,11-13H2,2H3. The van der Waals surface area contributed by atoms with Crippen LogP contribution in [0, 0.1) is 5.82 Å². The Morgan fingerprint density at radius 3 is 2.55 bits per heavy atom. The van der Waals surface area contributed by atoms with E-state index in [0.29, 0.717) is 25.4 Å². The monoisotopic (exact) mass is 301 g/mol. The number of phenolic OH excluding ortho intramolecular Hbond substituents is 1. The molecule has 0 saturated carbocycles. The summed E-state index contributed by atoms with van der Waals surface area (Å²) in [5.41, 5.74) is 1.79. The molecule has 2 rings (SSSR count). The average Bonchev–Trinajstić information content (AvgIpc) is 2.52. The van der Waals surface area contributed by atoms with Crippen LogP contribution >= 0.6 is 0 Å². The van der Waals surface area contributed by atoms with E-state index >= 15 is 0 Å². The van der Waals surface area contributed by atoms with Crippen molar-refractivity contribution < 1.29 is 14.2 Å². The Morgan fingerprint density at radius 2 is 1.91 bits per heavy atom. The summed E-state index contributed by atoms with van der Waals surface area (Å²) >= 11 is 0. The van der Waals surface area contributed by atoms with Crippen LogP contribution in [-0.4, -0.2) is 23.7 Å². The number of hydrogen-bond donors (Lipinski definition) is 1. The van der Waals surface area contributed by atoms with Crippen LogP contribution in [-0.2, 0) is 13.1 Å². The number of aromatic hydroxyl groups is 1. The molecule has 0 aliphatic rings. The highest BCUT2D eigenvalue weighted by molar-refractivity contribution is 5.45. The van der Waals surface area contributed by atoms with Gasteiger partial charge in [-0.05, 0) is 23.8 Å². The lowest BCUT2D eigenvalue weighted by atomic mass is 10.1. The SMILES string of the molecule is C=CCN(Cc1ccc(F)cc1)Cc1cccc(OC)c1O. The van der Waals surface area contributed by atoms with Gasteiger partial charge in [0.05, 0.1) is 7.11 Å². The number of nitrogens with zero attached hydrogens (tertiary/aromatic N) is 1. The Kier molecular flexibility index (Phi) is 5.55. The molecule has 0 saturated heterocycles. The fourth-order valence-electron chi connectivity index (χ4n) is 2.32. The Balaban J connectivity index is 2.15. The van der Waals surface area contributed by atoms with Crippen molar-refractivity contribution in [3.8, 4) is 11.5 Å². The van der Waals surface area contributed by atoms with Gasteiger partial charge in [0.15, 0.2) is 11.5 Å².